The van der Waals surface area contributed by atoms with Crippen LogP contribution < -0.4 is 11.2 Å². The highest BCUT2D eigenvalue weighted by molar-refractivity contribution is 5.80. The van der Waals surface area contributed by atoms with Crippen LogP contribution in [0.4, 0.5) is 0 Å². The van der Waals surface area contributed by atoms with E-state index < -0.39 is 24.5 Å². The quantitative estimate of drug-likeness (QED) is 0.478. The zero-order valence-electron chi connectivity index (χ0n) is 7.45. The van der Waals surface area contributed by atoms with E-state index in [0.717, 1.165) is 6.42 Å². The number of rotatable bonds is 6. The topological polar surface area (TPSA) is 102 Å². The lowest BCUT2D eigenvalue weighted by molar-refractivity contribution is -0.149. The molecule has 0 saturated carbocycles. The van der Waals surface area contributed by atoms with Crippen LogP contribution in [-0.2, 0) is 14.4 Å². The van der Waals surface area contributed by atoms with Gasteiger partial charge < -0.3 is 10.8 Å². The van der Waals surface area contributed by atoms with Crippen LogP contribution in [0.15, 0.2) is 0 Å². The first kappa shape index (κ1) is 11.9. The summed E-state index contributed by atoms with van der Waals surface area (Å²) < 4.78 is 0. The molecule has 0 unspecified atom stereocenters. The van der Waals surface area contributed by atoms with Gasteiger partial charge in [0.05, 0.1) is 6.04 Å². The summed E-state index contributed by atoms with van der Waals surface area (Å²) in [5.74, 6) is -1.65. The Morgan fingerprint density at radius 2 is 2.23 bits per heavy atom. The molecule has 4 N–H and O–H groups in total. The maximum absolute atomic E-state index is 11.0. The molecular weight excluding hydrogens is 176 g/mol. The van der Waals surface area contributed by atoms with Gasteiger partial charge in [-0.1, -0.05) is 13.3 Å². The van der Waals surface area contributed by atoms with Crippen molar-refractivity contribution in [3.8, 4) is 0 Å². The van der Waals surface area contributed by atoms with Crippen LogP contribution in [0.5, 0.6) is 0 Å². The van der Waals surface area contributed by atoms with Crippen LogP contribution in [0, 0.1) is 0 Å². The maximum atomic E-state index is 11.0. The van der Waals surface area contributed by atoms with Crippen molar-refractivity contribution in [1.82, 2.24) is 5.48 Å². The molecule has 76 valence electrons. The fourth-order valence-corrected chi connectivity index (χ4v) is 0.687. The summed E-state index contributed by atoms with van der Waals surface area (Å²) in [4.78, 5) is 25.3. The molecule has 0 aromatic rings. The molecule has 0 aromatic carbocycles. The summed E-state index contributed by atoms with van der Waals surface area (Å²) in [5.41, 5.74) is 7.36. The molecule has 0 aliphatic heterocycles. The van der Waals surface area contributed by atoms with E-state index in [0.29, 0.717) is 6.42 Å². The van der Waals surface area contributed by atoms with Crippen LogP contribution in [0.2, 0.25) is 0 Å². The fourth-order valence-electron chi connectivity index (χ4n) is 0.687. The number of carbonyl (C=O) groups excluding carboxylic acids is 1. The lowest BCUT2D eigenvalue weighted by atomic mass is 10.2. The van der Waals surface area contributed by atoms with E-state index in [4.69, 9.17) is 10.8 Å². The number of hydrogen-bond donors (Lipinski definition) is 3. The summed E-state index contributed by atoms with van der Waals surface area (Å²) in [5, 5.41) is 8.16. The van der Waals surface area contributed by atoms with E-state index in [1.54, 1.807) is 0 Å². The van der Waals surface area contributed by atoms with Crippen LogP contribution in [0.3, 0.4) is 0 Å². The summed E-state index contributed by atoms with van der Waals surface area (Å²) in [7, 11) is 0. The van der Waals surface area contributed by atoms with Gasteiger partial charge in [-0.15, -0.1) is 0 Å². The Hall–Kier alpha value is -1.14. The highest BCUT2D eigenvalue weighted by Crippen LogP contribution is 1.92. The second-order valence-electron chi connectivity index (χ2n) is 2.54. The van der Waals surface area contributed by atoms with Gasteiger partial charge in [0.15, 0.2) is 6.61 Å². The molecule has 0 fully saturated rings. The minimum atomic E-state index is -1.15. The summed E-state index contributed by atoms with van der Waals surface area (Å²) in [6.45, 7) is 1.33. The third-order valence-electron chi connectivity index (χ3n) is 1.30. The number of nitrogens with one attached hydrogen (secondary N) is 1. The molecular formula is C7H14N2O4. The number of hydrogen-bond acceptors (Lipinski definition) is 4. The molecule has 0 bridgehead atoms. The maximum Gasteiger partial charge on any atom is 0.332 e. The lowest BCUT2D eigenvalue weighted by Gasteiger charge is -2.09. The largest absolute Gasteiger partial charge is 0.479 e. The molecule has 0 spiro atoms. The van der Waals surface area contributed by atoms with E-state index in [9.17, 15) is 9.59 Å². The van der Waals surface area contributed by atoms with Crippen LogP contribution in [-0.4, -0.2) is 29.6 Å². The fraction of sp³-hybridized carbons (Fsp3) is 0.714. The van der Waals surface area contributed by atoms with Gasteiger partial charge in [0.2, 0.25) is 0 Å². The highest BCUT2D eigenvalue weighted by atomic mass is 16.7. The first-order valence-corrected chi connectivity index (χ1v) is 3.97. The van der Waals surface area contributed by atoms with Gasteiger partial charge >= 0.3 is 5.97 Å². The van der Waals surface area contributed by atoms with Crippen molar-refractivity contribution in [2.45, 2.75) is 25.8 Å². The van der Waals surface area contributed by atoms with Crippen molar-refractivity contribution in [3.63, 3.8) is 0 Å². The van der Waals surface area contributed by atoms with Crippen LogP contribution in [0.25, 0.3) is 0 Å². The first-order valence-electron chi connectivity index (χ1n) is 3.97. The van der Waals surface area contributed by atoms with Gasteiger partial charge in [0, 0.05) is 0 Å². The van der Waals surface area contributed by atoms with E-state index >= 15 is 0 Å². The average Bonchev–Trinajstić information content (AvgIpc) is 2.04. The van der Waals surface area contributed by atoms with Gasteiger partial charge in [-0.25, -0.2) is 10.3 Å². The Labute approximate surface area is 76.0 Å². The number of nitrogens with two attached hydrogens (primary N) is 1. The van der Waals surface area contributed by atoms with Crippen molar-refractivity contribution in [1.29, 1.82) is 0 Å². The van der Waals surface area contributed by atoms with Gasteiger partial charge in [0.25, 0.3) is 5.91 Å². The third kappa shape index (κ3) is 6.06. The normalized spacial score (nSPS) is 12.2. The van der Waals surface area contributed by atoms with Gasteiger partial charge in [-0.3, -0.25) is 9.63 Å². The van der Waals surface area contributed by atoms with E-state index in [1.807, 2.05) is 12.4 Å². The number of amides is 1. The van der Waals surface area contributed by atoms with Crippen molar-refractivity contribution in [3.05, 3.63) is 0 Å². The highest BCUT2D eigenvalue weighted by Gasteiger charge is 2.12. The molecule has 1 atom stereocenters. The second kappa shape index (κ2) is 6.38. The Kier molecular flexibility index (Phi) is 5.82. The third-order valence-corrected chi connectivity index (χ3v) is 1.30. The Bertz CT molecular complexity index is 183. The van der Waals surface area contributed by atoms with Crippen molar-refractivity contribution >= 4 is 11.9 Å². The average molecular weight is 190 g/mol. The molecule has 6 nitrogen and oxygen atoms in total. The summed E-state index contributed by atoms with van der Waals surface area (Å²) in [6.07, 6.45) is 1.33. The molecule has 0 radical (unpaired) electrons. The van der Waals surface area contributed by atoms with Gasteiger partial charge in [0.1, 0.15) is 0 Å². The van der Waals surface area contributed by atoms with E-state index in [-0.39, 0.29) is 0 Å². The van der Waals surface area contributed by atoms with Crippen molar-refractivity contribution < 1.29 is 19.5 Å². The smallest absolute Gasteiger partial charge is 0.332 e. The summed E-state index contributed by atoms with van der Waals surface area (Å²) in [6, 6.07) is -0.640. The molecule has 0 aromatic heterocycles. The SMILES string of the molecule is CCC[C@H](N)C(=O)NOCC(=O)O. The standard InChI is InChI=1S/C7H14N2O4/c1-2-3-5(8)7(12)9-13-4-6(10)11/h5H,2-4,8H2,1H3,(H,9,12)(H,10,11)/t5-/m0/s1. The number of hydroxylamine groups is 1. The predicted molar refractivity (Wildman–Crippen MR) is 44.6 cm³/mol. The monoisotopic (exact) mass is 190 g/mol. The predicted octanol–water partition coefficient (Wildman–Crippen LogP) is -0.754. The molecule has 0 aliphatic rings. The van der Waals surface area contributed by atoms with Crippen LogP contribution >= 0.6 is 0 Å². The van der Waals surface area contributed by atoms with Crippen molar-refractivity contribution in [2.75, 3.05) is 6.61 Å². The zero-order chi connectivity index (χ0) is 10.3. The molecule has 0 aliphatic carbocycles. The molecule has 6 heteroatoms. The molecule has 0 saturated heterocycles. The van der Waals surface area contributed by atoms with E-state index in [2.05, 4.69) is 4.84 Å². The molecule has 1 amide bonds. The molecule has 13 heavy (non-hydrogen) atoms. The Morgan fingerprint density at radius 3 is 2.69 bits per heavy atom. The van der Waals surface area contributed by atoms with E-state index in [1.165, 1.54) is 0 Å². The second-order valence-corrected chi connectivity index (χ2v) is 2.54. The number of carbonyl (C=O) groups is 2. The minimum Gasteiger partial charge on any atom is -0.479 e. The Morgan fingerprint density at radius 1 is 1.62 bits per heavy atom. The number of carboxylic acids is 1. The van der Waals surface area contributed by atoms with Crippen molar-refractivity contribution in [2.24, 2.45) is 5.73 Å². The number of carboxylic acid groups (broad SMARTS) is 1. The lowest BCUT2D eigenvalue weighted by Crippen LogP contribution is -2.41. The minimum absolute atomic E-state index is 0.497. The molecule has 0 heterocycles. The van der Waals surface area contributed by atoms with Gasteiger partial charge in [-0.2, -0.15) is 0 Å². The first-order chi connectivity index (χ1) is 6.07. The van der Waals surface area contributed by atoms with Gasteiger partial charge in [-0.05, 0) is 6.42 Å². The van der Waals surface area contributed by atoms with Crippen LogP contribution in [0.1, 0.15) is 19.8 Å². The Balaban J connectivity index is 3.55. The summed E-state index contributed by atoms with van der Waals surface area (Å²) >= 11 is 0. The number of aliphatic carboxylic acids is 1. The zero-order valence-corrected chi connectivity index (χ0v) is 7.45. The molecule has 0 rings (SSSR count).